The van der Waals surface area contributed by atoms with Gasteiger partial charge < -0.3 is 20.1 Å². The number of para-hydroxylation sites is 1. The molecule has 1 aromatic heterocycles. The van der Waals surface area contributed by atoms with Crippen LogP contribution in [-0.4, -0.2) is 32.9 Å². The Kier molecular flexibility index (Phi) is 6.21. The number of aromatic nitrogens is 3. The Hall–Kier alpha value is -5.26. The maximum Gasteiger partial charge on any atom is 0.269 e. The van der Waals surface area contributed by atoms with Crippen molar-refractivity contribution in [2.75, 3.05) is 22.9 Å². The molecule has 0 fully saturated rings. The molecule has 0 aliphatic carbocycles. The molecule has 1 aliphatic heterocycles. The summed E-state index contributed by atoms with van der Waals surface area (Å²) in [7, 11) is 0. The average Bonchev–Trinajstić information content (AvgIpc) is 3.34. The number of non-ortho nitro benzene ring substituents is 1. The summed E-state index contributed by atoms with van der Waals surface area (Å²) in [6.45, 7) is 2.16. The summed E-state index contributed by atoms with van der Waals surface area (Å²) in [6, 6.07) is 19.1. The van der Waals surface area contributed by atoms with E-state index in [9.17, 15) is 10.1 Å². The summed E-state index contributed by atoms with van der Waals surface area (Å²) in [5.41, 5.74) is 6.01. The summed E-state index contributed by atoms with van der Waals surface area (Å²) >= 11 is 0. The van der Waals surface area contributed by atoms with Gasteiger partial charge in [-0.05, 0) is 54.4 Å². The van der Waals surface area contributed by atoms with E-state index in [4.69, 9.17) is 9.47 Å². The van der Waals surface area contributed by atoms with Gasteiger partial charge in [0.05, 0.1) is 11.1 Å². The molecule has 2 heterocycles. The summed E-state index contributed by atoms with van der Waals surface area (Å²) in [5, 5.41) is 21.4. The third kappa shape index (κ3) is 5.28. The summed E-state index contributed by atoms with van der Waals surface area (Å²) in [5.74, 6) is 2.02. The Balaban J connectivity index is 1.39. The number of nitro benzene ring substituents is 1. The molecule has 4 aromatic rings. The Morgan fingerprint density at radius 3 is 2.42 bits per heavy atom. The minimum atomic E-state index is -0.461. The van der Waals surface area contributed by atoms with Gasteiger partial charge in [0, 0.05) is 23.5 Å². The third-order valence-electron chi connectivity index (χ3n) is 5.14. The van der Waals surface area contributed by atoms with Gasteiger partial charge in [-0.3, -0.25) is 10.1 Å². The van der Waals surface area contributed by atoms with Gasteiger partial charge in [0.1, 0.15) is 0 Å². The molecule has 0 saturated carbocycles. The molecule has 36 heavy (non-hydrogen) atoms. The van der Waals surface area contributed by atoms with Crippen LogP contribution in [0.3, 0.4) is 0 Å². The van der Waals surface area contributed by atoms with Gasteiger partial charge in [-0.25, -0.2) is 5.43 Å². The van der Waals surface area contributed by atoms with Crippen molar-refractivity contribution in [1.82, 2.24) is 15.0 Å². The van der Waals surface area contributed by atoms with E-state index in [1.807, 2.05) is 49.4 Å². The SMILES string of the molecule is Cc1ccccc1Nc1nc(N/N=C\c2ccc3c(c2)OCO3)nc(Nc2ccc([N+](=O)[O-])cc2)n1. The van der Waals surface area contributed by atoms with Crippen LogP contribution in [0.1, 0.15) is 11.1 Å². The van der Waals surface area contributed by atoms with Gasteiger partial charge in [0.15, 0.2) is 11.5 Å². The molecule has 0 saturated heterocycles. The predicted octanol–water partition coefficient (Wildman–Crippen LogP) is 4.75. The molecule has 5 rings (SSSR count). The monoisotopic (exact) mass is 484 g/mol. The molecule has 0 atom stereocenters. The van der Waals surface area contributed by atoms with Gasteiger partial charge >= 0.3 is 0 Å². The van der Waals surface area contributed by atoms with E-state index in [1.165, 1.54) is 12.1 Å². The molecule has 180 valence electrons. The maximum absolute atomic E-state index is 10.9. The van der Waals surface area contributed by atoms with Crippen LogP contribution in [0.5, 0.6) is 11.5 Å². The lowest BCUT2D eigenvalue weighted by atomic mass is 10.2. The Labute approximate surface area is 205 Å². The topological polar surface area (TPSA) is 149 Å². The minimum absolute atomic E-state index is 0.0154. The van der Waals surface area contributed by atoms with Gasteiger partial charge in [-0.15, -0.1) is 0 Å². The number of benzene rings is 3. The number of hydrazone groups is 1. The summed E-state index contributed by atoms with van der Waals surface area (Å²) < 4.78 is 10.7. The van der Waals surface area contributed by atoms with Crippen LogP contribution in [0.4, 0.5) is 34.9 Å². The van der Waals surface area contributed by atoms with Gasteiger partial charge in [0.2, 0.25) is 24.6 Å². The smallest absolute Gasteiger partial charge is 0.269 e. The fourth-order valence-corrected chi connectivity index (χ4v) is 3.32. The van der Waals surface area contributed by atoms with Gasteiger partial charge in [-0.2, -0.15) is 20.1 Å². The molecule has 3 aromatic carbocycles. The zero-order valence-electron chi connectivity index (χ0n) is 19.0. The lowest BCUT2D eigenvalue weighted by Crippen LogP contribution is -2.07. The molecule has 0 bridgehead atoms. The molecule has 12 nitrogen and oxygen atoms in total. The van der Waals surface area contributed by atoms with Crippen molar-refractivity contribution in [2.45, 2.75) is 6.92 Å². The standard InChI is InChI=1S/C24H20N8O4/c1-15-4-2-3-5-19(15)27-23-28-22(26-17-7-9-18(10-8-17)32(33)34)29-24(30-23)31-25-13-16-6-11-20-21(12-16)36-14-35-20/h2-13H,14H2,1H3,(H3,26,27,28,29,30,31)/b25-13-. The van der Waals surface area contributed by atoms with E-state index < -0.39 is 4.92 Å². The quantitative estimate of drug-likeness (QED) is 0.182. The van der Waals surface area contributed by atoms with Crippen molar-refractivity contribution < 1.29 is 14.4 Å². The Bertz CT molecular complexity index is 1440. The highest BCUT2D eigenvalue weighted by molar-refractivity contribution is 5.81. The van der Waals surface area contributed by atoms with Crippen LogP contribution in [-0.2, 0) is 0 Å². The molecular weight excluding hydrogens is 464 g/mol. The largest absolute Gasteiger partial charge is 0.454 e. The molecule has 12 heteroatoms. The van der Waals surface area contributed by atoms with E-state index in [-0.39, 0.29) is 30.3 Å². The first-order valence-electron chi connectivity index (χ1n) is 10.8. The number of nitrogens with one attached hydrogen (secondary N) is 3. The molecule has 0 spiro atoms. The fraction of sp³-hybridized carbons (Fsp3) is 0.0833. The number of nitrogens with zero attached hydrogens (tertiary/aromatic N) is 5. The summed E-state index contributed by atoms with van der Waals surface area (Å²) in [4.78, 5) is 23.7. The molecule has 3 N–H and O–H groups in total. The predicted molar refractivity (Wildman–Crippen MR) is 134 cm³/mol. The van der Waals surface area contributed by atoms with Gasteiger partial charge in [0.25, 0.3) is 5.69 Å². The number of aryl methyl sites for hydroxylation is 1. The second kappa shape index (κ2) is 9.93. The van der Waals surface area contributed by atoms with Crippen LogP contribution in [0.15, 0.2) is 71.8 Å². The fourth-order valence-electron chi connectivity index (χ4n) is 3.32. The number of ether oxygens (including phenoxy) is 2. The van der Waals surface area contributed by atoms with Crippen LogP contribution >= 0.6 is 0 Å². The van der Waals surface area contributed by atoms with Crippen molar-refractivity contribution in [2.24, 2.45) is 5.10 Å². The Morgan fingerprint density at radius 1 is 0.917 bits per heavy atom. The molecule has 0 unspecified atom stereocenters. The molecular formula is C24H20N8O4. The first-order chi connectivity index (χ1) is 17.5. The minimum Gasteiger partial charge on any atom is -0.454 e. The van der Waals surface area contributed by atoms with Crippen molar-refractivity contribution in [3.8, 4) is 11.5 Å². The van der Waals surface area contributed by atoms with Crippen LogP contribution in [0.25, 0.3) is 0 Å². The highest BCUT2D eigenvalue weighted by Crippen LogP contribution is 2.32. The number of hydrogen-bond acceptors (Lipinski definition) is 11. The zero-order chi connectivity index (χ0) is 24.9. The summed E-state index contributed by atoms with van der Waals surface area (Å²) in [6.07, 6.45) is 1.60. The number of rotatable bonds is 8. The Morgan fingerprint density at radius 2 is 1.64 bits per heavy atom. The highest BCUT2D eigenvalue weighted by atomic mass is 16.7. The number of hydrogen-bond donors (Lipinski definition) is 3. The first kappa shape index (κ1) is 22.5. The van der Waals surface area contributed by atoms with Crippen molar-refractivity contribution in [3.63, 3.8) is 0 Å². The van der Waals surface area contributed by atoms with E-state index in [0.29, 0.717) is 17.2 Å². The van der Waals surface area contributed by atoms with E-state index in [0.717, 1.165) is 16.8 Å². The van der Waals surface area contributed by atoms with E-state index >= 15 is 0 Å². The number of anilines is 5. The van der Waals surface area contributed by atoms with Crippen LogP contribution in [0, 0.1) is 17.0 Å². The van der Waals surface area contributed by atoms with Crippen LogP contribution in [0.2, 0.25) is 0 Å². The maximum atomic E-state index is 10.9. The van der Waals surface area contributed by atoms with Crippen molar-refractivity contribution >= 4 is 41.1 Å². The van der Waals surface area contributed by atoms with E-state index in [1.54, 1.807) is 18.3 Å². The molecule has 0 radical (unpaired) electrons. The third-order valence-corrected chi connectivity index (χ3v) is 5.14. The zero-order valence-corrected chi connectivity index (χ0v) is 19.0. The highest BCUT2D eigenvalue weighted by Gasteiger charge is 2.13. The second-order valence-electron chi connectivity index (χ2n) is 7.66. The van der Waals surface area contributed by atoms with E-state index in [2.05, 4.69) is 36.1 Å². The average molecular weight is 484 g/mol. The van der Waals surface area contributed by atoms with Gasteiger partial charge in [-0.1, -0.05) is 18.2 Å². The molecule has 0 amide bonds. The van der Waals surface area contributed by atoms with Crippen molar-refractivity contribution in [3.05, 3.63) is 88.0 Å². The lowest BCUT2D eigenvalue weighted by Gasteiger charge is -2.11. The second-order valence-corrected chi connectivity index (χ2v) is 7.66. The number of fused-ring (bicyclic) bond motifs is 1. The van der Waals surface area contributed by atoms with Crippen molar-refractivity contribution in [1.29, 1.82) is 0 Å². The normalized spacial score (nSPS) is 11.9. The number of nitro groups is 1. The molecule has 1 aliphatic rings. The first-order valence-corrected chi connectivity index (χ1v) is 10.8. The van der Waals surface area contributed by atoms with Crippen LogP contribution < -0.4 is 25.5 Å². The lowest BCUT2D eigenvalue weighted by molar-refractivity contribution is -0.384.